The van der Waals surface area contributed by atoms with E-state index in [0.717, 1.165) is 42.3 Å². The van der Waals surface area contributed by atoms with Gasteiger partial charge in [-0.3, -0.25) is 4.98 Å². The Hall–Kier alpha value is -1.46. The van der Waals surface area contributed by atoms with Crippen molar-refractivity contribution in [1.29, 1.82) is 0 Å². The molecule has 4 nitrogen and oxygen atoms in total. The number of hydrogen-bond donors (Lipinski definition) is 0. The molecular weight excluding hydrogens is 270 g/mol. The monoisotopic (exact) mass is 289 g/mol. The fraction of sp³-hybridized carbons (Fsp3) is 0.467. The van der Waals surface area contributed by atoms with Crippen molar-refractivity contribution in [2.24, 2.45) is 0 Å². The highest BCUT2D eigenvalue weighted by Gasteiger charge is 2.22. The highest BCUT2D eigenvalue weighted by atomic mass is 32.1. The average molecular weight is 289 g/mol. The Morgan fingerprint density at radius 1 is 1.50 bits per heavy atom. The number of anilines is 1. The molecule has 0 amide bonds. The maximum absolute atomic E-state index is 6.02. The first kappa shape index (κ1) is 13.5. The first-order chi connectivity index (χ1) is 9.81. The summed E-state index contributed by atoms with van der Waals surface area (Å²) in [4.78, 5) is 11.0. The molecule has 1 saturated heterocycles. The summed E-state index contributed by atoms with van der Waals surface area (Å²) in [5, 5.41) is 3.23. The SMILES string of the molecule is Cc1csc(N2CCC[C@H](OCc3cccnc3)C2)n1. The van der Waals surface area contributed by atoms with Crippen LogP contribution in [-0.4, -0.2) is 29.2 Å². The minimum atomic E-state index is 0.285. The zero-order valence-corrected chi connectivity index (χ0v) is 12.5. The van der Waals surface area contributed by atoms with E-state index in [2.05, 4.69) is 26.3 Å². The molecule has 0 N–H and O–H groups in total. The van der Waals surface area contributed by atoms with E-state index < -0.39 is 0 Å². The van der Waals surface area contributed by atoms with Crippen molar-refractivity contribution >= 4 is 16.5 Å². The van der Waals surface area contributed by atoms with Crippen molar-refractivity contribution in [3.8, 4) is 0 Å². The Balaban J connectivity index is 1.55. The van der Waals surface area contributed by atoms with Crippen LogP contribution in [0.5, 0.6) is 0 Å². The lowest BCUT2D eigenvalue weighted by Gasteiger charge is -2.32. The molecule has 0 saturated carbocycles. The van der Waals surface area contributed by atoms with Gasteiger partial charge in [-0.05, 0) is 31.4 Å². The van der Waals surface area contributed by atoms with Gasteiger partial charge in [0.1, 0.15) is 0 Å². The second-order valence-corrected chi connectivity index (χ2v) is 5.99. The van der Waals surface area contributed by atoms with Gasteiger partial charge >= 0.3 is 0 Å². The number of nitrogens with zero attached hydrogens (tertiary/aromatic N) is 3. The van der Waals surface area contributed by atoms with Gasteiger partial charge in [-0.25, -0.2) is 4.98 Å². The van der Waals surface area contributed by atoms with Crippen LogP contribution in [0.25, 0.3) is 0 Å². The molecule has 0 radical (unpaired) electrons. The molecule has 1 atom stereocenters. The lowest BCUT2D eigenvalue weighted by atomic mass is 10.1. The average Bonchev–Trinajstić information content (AvgIpc) is 2.93. The zero-order valence-electron chi connectivity index (χ0n) is 11.7. The quantitative estimate of drug-likeness (QED) is 0.867. The molecule has 0 unspecified atom stereocenters. The van der Waals surface area contributed by atoms with E-state index in [9.17, 15) is 0 Å². The van der Waals surface area contributed by atoms with Gasteiger partial charge < -0.3 is 9.64 Å². The van der Waals surface area contributed by atoms with Crippen LogP contribution >= 0.6 is 11.3 Å². The number of aryl methyl sites for hydroxylation is 1. The summed E-state index contributed by atoms with van der Waals surface area (Å²) in [5.74, 6) is 0. The molecule has 1 aliphatic heterocycles. The van der Waals surface area contributed by atoms with Gasteiger partial charge in [0.25, 0.3) is 0 Å². The largest absolute Gasteiger partial charge is 0.372 e. The summed E-state index contributed by atoms with van der Waals surface area (Å²) in [7, 11) is 0. The Kier molecular flexibility index (Phi) is 4.28. The Morgan fingerprint density at radius 2 is 2.45 bits per heavy atom. The summed E-state index contributed by atoms with van der Waals surface area (Å²) in [6, 6.07) is 4.00. The van der Waals surface area contributed by atoms with Gasteiger partial charge in [-0.2, -0.15) is 0 Å². The summed E-state index contributed by atoms with van der Waals surface area (Å²) >= 11 is 1.72. The first-order valence-electron chi connectivity index (χ1n) is 6.99. The molecule has 0 bridgehead atoms. The van der Waals surface area contributed by atoms with E-state index in [1.165, 1.54) is 0 Å². The predicted molar refractivity (Wildman–Crippen MR) is 81.1 cm³/mol. The molecule has 20 heavy (non-hydrogen) atoms. The predicted octanol–water partition coefficient (Wildman–Crippen LogP) is 3.03. The van der Waals surface area contributed by atoms with Gasteiger partial charge in [0.15, 0.2) is 5.13 Å². The van der Waals surface area contributed by atoms with E-state index in [4.69, 9.17) is 4.74 Å². The number of pyridine rings is 1. The number of rotatable bonds is 4. The van der Waals surface area contributed by atoms with Gasteiger partial charge in [0, 0.05) is 30.9 Å². The van der Waals surface area contributed by atoms with Crippen molar-refractivity contribution in [2.75, 3.05) is 18.0 Å². The van der Waals surface area contributed by atoms with Crippen LogP contribution in [0.3, 0.4) is 0 Å². The van der Waals surface area contributed by atoms with Gasteiger partial charge in [0.2, 0.25) is 0 Å². The van der Waals surface area contributed by atoms with Gasteiger partial charge in [0.05, 0.1) is 18.4 Å². The summed E-state index contributed by atoms with van der Waals surface area (Å²) in [6.07, 6.45) is 6.23. The van der Waals surface area contributed by atoms with E-state index in [1.807, 2.05) is 19.2 Å². The van der Waals surface area contributed by atoms with E-state index in [1.54, 1.807) is 17.5 Å². The molecule has 3 rings (SSSR count). The van der Waals surface area contributed by atoms with Crippen LogP contribution in [0.2, 0.25) is 0 Å². The lowest BCUT2D eigenvalue weighted by molar-refractivity contribution is 0.0314. The van der Waals surface area contributed by atoms with Crippen LogP contribution < -0.4 is 4.90 Å². The number of aromatic nitrogens is 2. The molecule has 2 aromatic heterocycles. The summed E-state index contributed by atoms with van der Waals surface area (Å²) < 4.78 is 6.02. The Morgan fingerprint density at radius 3 is 3.20 bits per heavy atom. The van der Waals surface area contributed by atoms with Crippen molar-refractivity contribution < 1.29 is 4.74 Å². The molecule has 5 heteroatoms. The minimum absolute atomic E-state index is 0.285. The van der Waals surface area contributed by atoms with Crippen molar-refractivity contribution in [2.45, 2.75) is 32.5 Å². The smallest absolute Gasteiger partial charge is 0.185 e. The van der Waals surface area contributed by atoms with Crippen LogP contribution in [0.1, 0.15) is 24.1 Å². The van der Waals surface area contributed by atoms with Crippen molar-refractivity contribution in [3.05, 3.63) is 41.2 Å². The number of piperidine rings is 1. The standard InChI is InChI=1S/C15H19N3OS/c1-12-11-20-15(17-12)18-7-3-5-14(9-18)19-10-13-4-2-6-16-8-13/h2,4,6,8,11,14H,3,5,7,9-10H2,1H3/t14-/m0/s1. The zero-order chi connectivity index (χ0) is 13.8. The molecule has 2 aromatic rings. The van der Waals surface area contributed by atoms with E-state index >= 15 is 0 Å². The third-order valence-corrected chi connectivity index (χ3v) is 4.48. The number of thiazole rings is 1. The number of ether oxygens (including phenoxy) is 1. The van der Waals surface area contributed by atoms with Gasteiger partial charge in [-0.15, -0.1) is 11.3 Å². The third kappa shape index (κ3) is 3.35. The van der Waals surface area contributed by atoms with Crippen LogP contribution in [0, 0.1) is 6.92 Å². The topological polar surface area (TPSA) is 38.2 Å². The van der Waals surface area contributed by atoms with Crippen LogP contribution in [-0.2, 0) is 11.3 Å². The summed E-state index contributed by atoms with van der Waals surface area (Å²) in [5.41, 5.74) is 2.23. The summed E-state index contributed by atoms with van der Waals surface area (Å²) in [6.45, 7) is 4.70. The fourth-order valence-corrected chi connectivity index (χ4v) is 3.27. The maximum atomic E-state index is 6.02. The minimum Gasteiger partial charge on any atom is -0.372 e. The molecule has 0 aliphatic carbocycles. The van der Waals surface area contributed by atoms with E-state index in [0.29, 0.717) is 6.61 Å². The molecule has 0 aromatic carbocycles. The third-order valence-electron chi connectivity index (χ3n) is 3.46. The molecule has 1 fully saturated rings. The van der Waals surface area contributed by atoms with Crippen LogP contribution in [0.15, 0.2) is 29.9 Å². The molecule has 3 heterocycles. The lowest BCUT2D eigenvalue weighted by Crippen LogP contribution is -2.39. The highest BCUT2D eigenvalue weighted by molar-refractivity contribution is 7.13. The molecule has 1 aliphatic rings. The van der Waals surface area contributed by atoms with E-state index in [-0.39, 0.29) is 6.10 Å². The molecular formula is C15H19N3OS. The normalized spacial score (nSPS) is 19.2. The molecule has 106 valence electrons. The fourth-order valence-electron chi connectivity index (χ4n) is 2.43. The van der Waals surface area contributed by atoms with Crippen molar-refractivity contribution in [3.63, 3.8) is 0 Å². The second kappa shape index (κ2) is 6.33. The molecule has 0 spiro atoms. The first-order valence-corrected chi connectivity index (χ1v) is 7.87. The van der Waals surface area contributed by atoms with Gasteiger partial charge in [-0.1, -0.05) is 6.07 Å². The van der Waals surface area contributed by atoms with Crippen LogP contribution in [0.4, 0.5) is 5.13 Å². The Labute approximate surface area is 123 Å². The highest BCUT2D eigenvalue weighted by Crippen LogP contribution is 2.25. The second-order valence-electron chi connectivity index (χ2n) is 5.15. The Bertz CT molecular complexity index is 543. The number of hydrogen-bond acceptors (Lipinski definition) is 5. The maximum Gasteiger partial charge on any atom is 0.185 e. The van der Waals surface area contributed by atoms with Crippen molar-refractivity contribution in [1.82, 2.24) is 9.97 Å².